The van der Waals surface area contributed by atoms with Gasteiger partial charge in [0.2, 0.25) is 0 Å². The van der Waals surface area contributed by atoms with E-state index in [0.717, 1.165) is 11.1 Å². The predicted octanol–water partition coefficient (Wildman–Crippen LogP) is 3.25. The van der Waals surface area contributed by atoms with Crippen LogP contribution in [0.1, 0.15) is 23.7 Å². The average Bonchev–Trinajstić information content (AvgIpc) is 3.12. The molecule has 1 heterocycles. The Morgan fingerprint density at radius 1 is 1.23 bits per heavy atom. The van der Waals surface area contributed by atoms with Crippen LogP contribution in [0.3, 0.4) is 0 Å². The Morgan fingerprint density at radius 2 is 1.97 bits per heavy atom. The van der Waals surface area contributed by atoms with Crippen molar-refractivity contribution in [3.8, 4) is 5.75 Å². The normalized spacial score (nSPS) is 15.4. The SMILES string of the molecule is CCCN(C(=O)N1N=NN(c2c(F)cccc2OC)C1O)c1cccc(C(=O)O)c1. The number of ether oxygens (including phenoxy) is 1. The van der Waals surface area contributed by atoms with E-state index in [1.54, 1.807) is 6.07 Å². The number of anilines is 2. The minimum atomic E-state index is -1.73. The van der Waals surface area contributed by atoms with Gasteiger partial charge in [-0.2, -0.15) is 5.01 Å². The van der Waals surface area contributed by atoms with E-state index in [2.05, 4.69) is 10.4 Å². The van der Waals surface area contributed by atoms with Crippen molar-refractivity contribution in [2.75, 3.05) is 23.6 Å². The third kappa shape index (κ3) is 3.87. The molecule has 0 saturated carbocycles. The standard InChI is InChI=1S/C19H20FN5O5/c1-3-10-23(13-7-4-6-12(11-13)17(26)27)18(28)25-19(29)24(21-22-25)16-14(20)8-5-9-15(16)30-2/h4-9,11,19,29H,3,10H2,1-2H3,(H,26,27). The second-order valence-corrected chi connectivity index (χ2v) is 6.29. The lowest BCUT2D eigenvalue weighted by atomic mass is 10.2. The second kappa shape index (κ2) is 8.74. The molecule has 0 saturated heterocycles. The van der Waals surface area contributed by atoms with Crippen LogP contribution in [0.4, 0.5) is 20.6 Å². The van der Waals surface area contributed by atoms with Crippen LogP contribution in [0, 0.1) is 5.82 Å². The number of urea groups is 1. The van der Waals surface area contributed by atoms with E-state index in [-0.39, 0.29) is 23.5 Å². The van der Waals surface area contributed by atoms with E-state index in [9.17, 15) is 24.2 Å². The lowest BCUT2D eigenvalue weighted by molar-refractivity contribution is 0.0532. The number of carboxylic acids is 1. The number of aliphatic hydroxyl groups excluding tert-OH is 1. The van der Waals surface area contributed by atoms with E-state index in [1.165, 1.54) is 42.3 Å². The number of benzene rings is 2. The summed E-state index contributed by atoms with van der Waals surface area (Å²) in [6.07, 6.45) is -1.18. The van der Waals surface area contributed by atoms with Crippen molar-refractivity contribution in [3.05, 3.63) is 53.8 Å². The van der Waals surface area contributed by atoms with Crippen molar-refractivity contribution in [2.45, 2.75) is 19.7 Å². The lowest BCUT2D eigenvalue weighted by Gasteiger charge is -2.28. The van der Waals surface area contributed by atoms with Crippen molar-refractivity contribution in [2.24, 2.45) is 10.4 Å². The van der Waals surface area contributed by atoms with Gasteiger partial charge in [-0.05, 0) is 47.2 Å². The second-order valence-electron chi connectivity index (χ2n) is 6.29. The molecular formula is C19H20FN5O5. The summed E-state index contributed by atoms with van der Waals surface area (Å²) in [5.41, 5.74) is 0.134. The highest BCUT2D eigenvalue weighted by atomic mass is 19.1. The minimum Gasteiger partial charge on any atom is -0.494 e. The number of rotatable bonds is 6. The summed E-state index contributed by atoms with van der Waals surface area (Å²) in [5, 5.41) is 28.7. The molecule has 30 heavy (non-hydrogen) atoms. The van der Waals surface area contributed by atoms with E-state index in [4.69, 9.17) is 4.74 Å². The molecule has 2 aromatic carbocycles. The number of aromatic carboxylic acids is 1. The van der Waals surface area contributed by atoms with Crippen LogP contribution < -0.4 is 14.6 Å². The van der Waals surface area contributed by atoms with Crippen LogP contribution in [-0.4, -0.2) is 47.2 Å². The van der Waals surface area contributed by atoms with Gasteiger partial charge in [0.05, 0.1) is 12.7 Å². The number of hydrogen-bond donors (Lipinski definition) is 2. The maximum Gasteiger partial charge on any atom is 0.350 e. The number of nitrogens with zero attached hydrogens (tertiary/aromatic N) is 5. The molecular weight excluding hydrogens is 397 g/mol. The molecule has 2 N–H and O–H groups in total. The smallest absolute Gasteiger partial charge is 0.350 e. The fourth-order valence-corrected chi connectivity index (χ4v) is 2.95. The van der Waals surface area contributed by atoms with E-state index >= 15 is 0 Å². The zero-order chi connectivity index (χ0) is 21.8. The van der Waals surface area contributed by atoms with Crippen LogP contribution in [0.15, 0.2) is 52.9 Å². The monoisotopic (exact) mass is 417 g/mol. The molecule has 0 aromatic heterocycles. The van der Waals surface area contributed by atoms with Gasteiger partial charge in [0.25, 0.3) is 6.35 Å². The molecule has 1 aliphatic rings. The number of halogens is 1. The lowest BCUT2D eigenvalue weighted by Crippen LogP contribution is -2.48. The highest BCUT2D eigenvalue weighted by Crippen LogP contribution is 2.35. The number of hydrogen-bond acceptors (Lipinski definition) is 7. The zero-order valence-corrected chi connectivity index (χ0v) is 16.3. The van der Waals surface area contributed by atoms with Crippen LogP contribution in [0.5, 0.6) is 5.75 Å². The molecule has 3 rings (SSSR count). The van der Waals surface area contributed by atoms with Gasteiger partial charge in [-0.15, -0.1) is 5.01 Å². The predicted molar refractivity (Wildman–Crippen MR) is 105 cm³/mol. The summed E-state index contributed by atoms with van der Waals surface area (Å²) in [6, 6.07) is 9.12. The first-order valence-electron chi connectivity index (χ1n) is 9.04. The van der Waals surface area contributed by atoms with Crippen molar-refractivity contribution in [1.29, 1.82) is 0 Å². The maximum absolute atomic E-state index is 14.4. The molecule has 1 unspecified atom stereocenters. The Balaban J connectivity index is 1.90. The summed E-state index contributed by atoms with van der Waals surface area (Å²) < 4.78 is 19.5. The highest BCUT2D eigenvalue weighted by molar-refractivity contribution is 5.95. The highest BCUT2D eigenvalue weighted by Gasteiger charge is 2.39. The fourth-order valence-electron chi connectivity index (χ4n) is 2.95. The summed E-state index contributed by atoms with van der Waals surface area (Å²) in [6.45, 7) is 2.06. The minimum absolute atomic E-state index is 0.00252. The van der Waals surface area contributed by atoms with Gasteiger partial charge in [0.1, 0.15) is 11.4 Å². The van der Waals surface area contributed by atoms with Crippen molar-refractivity contribution >= 4 is 23.4 Å². The number of carboxylic acid groups (broad SMARTS) is 1. The molecule has 1 atom stereocenters. The van der Waals surface area contributed by atoms with Crippen LogP contribution in [0.25, 0.3) is 0 Å². The van der Waals surface area contributed by atoms with Crippen molar-refractivity contribution in [3.63, 3.8) is 0 Å². The molecule has 2 aromatic rings. The Morgan fingerprint density at radius 3 is 2.63 bits per heavy atom. The largest absolute Gasteiger partial charge is 0.494 e. The topological polar surface area (TPSA) is 118 Å². The van der Waals surface area contributed by atoms with Gasteiger partial charge in [-0.25, -0.2) is 14.0 Å². The van der Waals surface area contributed by atoms with E-state index < -0.39 is 24.2 Å². The molecule has 2 amide bonds. The number of aliphatic hydroxyl groups is 1. The molecule has 0 radical (unpaired) electrons. The van der Waals surface area contributed by atoms with Gasteiger partial charge in [0.15, 0.2) is 5.82 Å². The van der Waals surface area contributed by atoms with Crippen LogP contribution in [0.2, 0.25) is 0 Å². The van der Waals surface area contributed by atoms with Crippen LogP contribution in [-0.2, 0) is 0 Å². The first-order valence-corrected chi connectivity index (χ1v) is 9.04. The summed E-state index contributed by atoms with van der Waals surface area (Å²) in [5.74, 6) is -1.76. The average molecular weight is 417 g/mol. The number of methoxy groups -OCH3 is 1. The first-order chi connectivity index (χ1) is 14.4. The third-order valence-corrected chi connectivity index (χ3v) is 4.35. The Bertz CT molecular complexity index is 986. The number of para-hydroxylation sites is 1. The van der Waals surface area contributed by atoms with E-state index in [0.29, 0.717) is 17.1 Å². The Hall–Kier alpha value is -3.73. The Kier molecular flexibility index (Phi) is 6.11. The molecule has 0 aliphatic carbocycles. The van der Waals surface area contributed by atoms with Gasteiger partial charge < -0.3 is 14.9 Å². The summed E-state index contributed by atoms with van der Waals surface area (Å²) in [4.78, 5) is 25.6. The molecule has 0 fully saturated rings. The summed E-state index contributed by atoms with van der Waals surface area (Å²) in [7, 11) is 1.33. The van der Waals surface area contributed by atoms with Crippen molar-refractivity contribution in [1.82, 2.24) is 5.01 Å². The zero-order valence-electron chi connectivity index (χ0n) is 16.3. The quantitative estimate of drug-likeness (QED) is 0.745. The summed E-state index contributed by atoms with van der Waals surface area (Å²) >= 11 is 0. The number of carbonyl (C=O) groups excluding carboxylic acids is 1. The van der Waals surface area contributed by atoms with Gasteiger partial charge in [-0.1, -0.05) is 19.1 Å². The van der Waals surface area contributed by atoms with Gasteiger partial charge in [-0.3, -0.25) is 4.90 Å². The van der Waals surface area contributed by atoms with E-state index in [1.807, 2.05) is 6.92 Å². The molecule has 158 valence electrons. The third-order valence-electron chi connectivity index (χ3n) is 4.35. The van der Waals surface area contributed by atoms with Gasteiger partial charge in [0, 0.05) is 12.2 Å². The van der Waals surface area contributed by atoms with Gasteiger partial charge >= 0.3 is 12.0 Å². The Labute approximate surface area is 171 Å². The molecule has 0 bridgehead atoms. The van der Waals surface area contributed by atoms with Crippen LogP contribution >= 0.6 is 0 Å². The van der Waals surface area contributed by atoms with Crippen molar-refractivity contribution < 1.29 is 28.9 Å². The first kappa shape index (κ1) is 21.0. The molecule has 1 aliphatic heterocycles. The molecule has 10 nitrogen and oxygen atoms in total. The molecule has 0 spiro atoms. The fraction of sp³-hybridized carbons (Fsp3) is 0.263. The number of carbonyl (C=O) groups is 2. The molecule has 11 heteroatoms. The maximum atomic E-state index is 14.4. The number of amides is 2.